The van der Waals surface area contributed by atoms with Crippen molar-refractivity contribution in [2.24, 2.45) is 11.8 Å². The van der Waals surface area contributed by atoms with E-state index in [0.29, 0.717) is 34.3 Å². The maximum Gasteiger partial charge on any atom is 0.241 e. The Bertz CT molecular complexity index is 560. The molecule has 0 bridgehead atoms. The molecule has 1 aliphatic rings. The highest BCUT2D eigenvalue weighted by Gasteiger charge is 2.33. The van der Waals surface area contributed by atoms with Crippen LogP contribution >= 0.6 is 15.9 Å². The summed E-state index contributed by atoms with van der Waals surface area (Å²) < 4.78 is 27.9. The lowest BCUT2D eigenvalue weighted by Crippen LogP contribution is -2.26. The molecule has 2 atom stereocenters. The van der Waals surface area contributed by atoms with Gasteiger partial charge in [-0.05, 0) is 58.9 Å². The molecule has 2 rings (SSSR count). The molecule has 4 nitrogen and oxygen atoms in total. The Morgan fingerprint density at radius 1 is 1.42 bits per heavy atom. The summed E-state index contributed by atoms with van der Waals surface area (Å²) in [5.41, 5.74) is 0.950. The van der Waals surface area contributed by atoms with Gasteiger partial charge in [0.05, 0.1) is 4.90 Å². The number of benzene rings is 1. The normalized spacial score (nSPS) is 22.5. The lowest BCUT2D eigenvalue weighted by atomic mass is 10.2. The second kappa shape index (κ2) is 5.91. The van der Waals surface area contributed by atoms with Gasteiger partial charge in [-0.25, -0.2) is 13.1 Å². The van der Waals surface area contributed by atoms with Gasteiger partial charge in [-0.2, -0.15) is 0 Å². The van der Waals surface area contributed by atoms with Crippen LogP contribution in [0.5, 0.6) is 0 Å². The molecule has 0 heterocycles. The summed E-state index contributed by atoms with van der Waals surface area (Å²) in [5.74, 6) is 1.14. The van der Waals surface area contributed by atoms with Crippen molar-refractivity contribution in [2.45, 2.75) is 24.8 Å². The number of sulfonamides is 1. The van der Waals surface area contributed by atoms with Crippen molar-refractivity contribution in [3.8, 4) is 0 Å². The molecule has 1 fully saturated rings. The third kappa shape index (κ3) is 3.78. The van der Waals surface area contributed by atoms with Crippen LogP contribution in [-0.4, -0.2) is 22.0 Å². The van der Waals surface area contributed by atoms with E-state index in [1.807, 2.05) is 13.1 Å². The molecule has 0 aliphatic heterocycles. The lowest BCUT2D eigenvalue weighted by molar-refractivity contribution is 0.574. The zero-order chi connectivity index (χ0) is 14.0. The third-order valence-corrected chi connectivity index (χ3v) is 5.90. The highest BCUT2D eigenvalue weighted by atomic mass is 79.9. The second-order valence-electron chi connectivity index (χ2n) is 5.12. The van der Waals surface area contributed by atoms with Crippen LogP contribution in [0, 0.1) is 11.8 Å². The molecule has 0 radical (unpaired) electrons. The molecular formula is C13H19BrN2O2S. The Labute approximate surface area is 123 Å². The van der Waals surface area contributed by atoms with E-state index >= 15 is 0 Å². The topological polar surface area (TPSA) is 58.2 Å². The first-order chi connectivity index (χ1) is 8.94. The average Bonchev–Trinajstić information content (AvgIpc) is 3.06. The van der Waals surface area contributed by atoms with Crippen LogP contribution in [0.15, 0.2) is 27.6 Å². The van der Waals surface area contributed by atoms with E-state index in [-0.39, 0.29) is 0 Å². The fraction of sp³-hybridized carbons (Fsp3) is 0.538. The van der Waals surface area contributed by atoms with Crippen LogP contribution in [0.2, 0.25) is 0 Å². The molecule has 1 saturated carbocycles. The average molecular weight is 347 g/mol. The van der Waals surface area contributed by atoms with Gasteiger partial charge in [0.15, 0.2) is 0 Å². The highest BCUT2D eigenvalue weighted by Crippen LogP contribution is 2.37. The second-order valence-corrected chi connectivity index (χ2v) is 7.71. The Balaban J connectivity index is 2.15. The van der Waals surface area contributed by atoms with Gasteiger partial charge < -0.3 is 5.32 Å². The van der Waals surface area contributed by atoms with Crippen molar-refractivity contribution in [2.75, 3.05) is 13.6 Å². The summed E-state index contributed by atoms with van der Waals surface area (Å²) >= 11 is 3.31. The van der Waals surface area contributed by atoms with Crippen LogP contribution in [0.1, 0.15) is 18.9 Å². The highest BCUT2D eigenvalue weighted by molar-refractivity contribution is 9.10. The first-order valence-corrected chi connectivity index (χ1v) is 8.64. The van der Waals surface area contributed by atoms with Gasteiger partial charge in [0.1, 0.15) is 0 Å². The monoisotopic (exact) mass is 346 g/mol. The van der Waals surface area contributed by atoms with Crippen molar-refractivity contribution < 1.29 is 8.42 Å². The van der Waals surface area contributed by atoms with Gasteiger partial charge in [-0.3, -0.25) is 0 Å². The molecule has 0 amide bonds. The quantitative estimate of drug-likeness (QED) is 0.829. The standard InChI is InChI=1S/C13H19BrN2O2S/c1-9-5-11(9)8-16-19(17,18)13-6-10(7-15-2)3-4-12(13)14/h3-4,6,9,11,15-16H,5,7-8H2,1-2H3. The van der Waals surface area contributed by atoms with E-state index in [9.17, 15) is 8.42 Å². The number of nitrogens with one attached hydrogen (secondary N) is 2. The van der Waals surface area contributed by atoms with E-state index in [0.717, 1.165) is 12.0 Å². The maximum absolute atomic E-state index is 12.3. The minimum atomic E-state index is -3.43. The molecule has 2 unspecified atom stereocenters. The molecule has 19 heavy (non-hydrogen) atoms. The summed E-state index contributed by atoms with van der Waals surface area (Å²) in [6.45, 7) is 3.32. The fourth-order valence-electron chi connectivity index (χ4n) is 2.05. The number of hydrogen-bond donors (Lipinski definition) is 2. The smallest absolute Gasteiger partial charge is 0.241 e. The maximum atomic E-state index is 12.3. The van der Waals surface area contributed by atoms with Crippen LogP contribution in [-0.2, 0) is 16.6 Å². The molecule has 0 spiro atoms. The van der Waals surface area contributed by atoms with Crippen LogP contribution in [0.4, 0.5) is 0 Å². The van der Waals surface area contributed by atoms with E-state index in [4.69, 9.17) is 0 Å². The van der Waals surface area contributed by atoms with Crippen LogP contribution < -0.4 is 10.0 Å². The molecule has 106 valence electrons. The Morgan fingerprint density at radius 2 is 2.11 bits per heavy atom. The summed E-state index contributed by atoms with van der Waals surface area (Å²) in [4.78, 5) is 0.313. The van der Waals surface area contributed by atoms with Crippen molar-refractivity contribution in [1.82, 2.24) is 10.0 Å². The van der Waals surface area contributed by atoms with Gasteiger partial charge in [0, 0.05) is 17.6 Å². The predicted octanol–water partition coefficient (Wildman–Crippen LogP) is 2.10. The first-order valence-electron chi connectivity index (χ1n) is 6.36. The molecule has 0 aromatic heterocycles. The van der Waals surface area contributed by atoms with Gasteiger partial charge in [0.2, 0.25) is 10.0 Å². The summed E-state index contributed by atoms with van der Waals surface area (Å²) in [5, 5.41) is 3.02. The van der Waals surface area contributed by atoms with Gasteiger partial charge >= 0.3 is 0 Å². The lowest BCUT2D eigenvalue weighted by Gasteiger charge is -2.10. The molecule has 1 aliphatic carbocycles. The van der Waals surface area contributed by atoms with Crippen LogP contribution in [0.3, 0.4) is 0 Å². The molecule has 6 heteroatoms. The molecule has 0 saturated heterocycles. The predicted molar refractivity (Wildman–Crippen MR) is 79.4 cm³/mol. The van der Waals surface area contributed by atoms with Gasteiger partial charge in [-0.1, -0.05) is 13.0 Å². The fourth-order valence-corrected chi connectivity index (χ4v) is 4.15. The summed E-state index contributed by atoms with van der Waals surface area (Å²) in [7, 11) is -1.60. The molecule has 1 aromatic carbocycles. The first kappa shape index (κ1) is 15.0. The summed E-state index contributed by atoms with van der Waals surface area (Å²) in [6, 6.07) is 5.39. The molecule has 1 aromatic rings. The van der Waals surface area contributed by atoms with Crippen molar-refractivity contribution in [3.63, 3.8) is 0 Å². The van der Waals surface area contributed by atoms with Gasteiger partial charge in [0.25, 0.3) is 0 Å². The SMILES string of the molecule is CNCc1ccc(Br)c(S(=O)(=O)NCC2CC2C)c1. The van der Waals surface area contributed by atoms with E-state index in [1.165, 1.54) is 0 Å². The number of hydrogen-bond acceptors (Lipinski definition) is 3. The van der Waals surface area contributed by atoms with E-state index in [2.05, 4.69) is 32.9 Å². The Morgan fingerprint density at radius 3 is 2.68 bits per heavy atom. The van der Waals surface area contributed by atoms with E-state index < -0.39 is 10.0 Å². The Kier molecular flexibility index (Phi) is 4.66. The third-order valence-electron chi connectivity index (χ3n) is 3.48. The summed E-state index contributed by atoms with van der Waals surface area (Å²) in [6.07, 6.45) is 1.11. The van der Waals surface area contributed by atoms with Crippen molar-refractivity contribution >= 4 is 26.0 Å². The minimum absolute atomic E-state index is 0.313. The molecule has 2 N–H and O–H groups in total. The zero-order valence-electron chi connectivity index (χ0n) is 11.1. The van der Waals surface area contributed by atoms with Crippen molar-refractivity contribution in [1.29, 1.82) is 0 Å². The Hall–Kier alpha value is -0.430. The number of rotatable bonds is 6. The van der Waals surface area contributed by atoms with Crippen LogP contribution in [0.25, 0.3) is 0 Å². The molecular weight excluding hydrogens is 328 g/mol. The van der Waals surface area contributed by atoms with E-state index in [1.54, 1.807) is 12.1 Å². The number of halogens is 1. The largest absolute Gasteiger partial charge is 0.316 e. The van der Waals surface area contributed by atoms with Gasteiger partial charge in [-0.15, -0.1) is 0 Å². The zero-order valence-corrected chi connectivity index (χ0v) is 13.5. The minimum Gasteiger partial charge on any atom is -0.316 e. The van der Waals surface area contributed by atoms with Crippen molar-refractivity contribution in [3.05, 3.63) is 28.2 Å².